The first-order chi connectivity index (χ1) is 18.3. The number of imidazole rings is 1. The molecule has 1 aliphatic heterocycles. The summed E-state index contributed by atoms with van der Waals surface area (Å²) >= 11 is 0. The van der Waals surface area contributed by atoms with Crippen molar-refractivity contribution in [2.24, 2.45) is 11.7 Å². The summed E-state index contributed by atoms with van der Waals surface area (Å²) in [6.07, 6.45) is 6.07. The molecule has 1 atom stereocenters. The quantitative estimate of drug-likeness (QED) is 0.386. The largest absolute Gasteiger partial charge is 0.364 e. The monoisotopic (exact) mass is 517 g/mol. The van der Waals surface area contributed by atoms with Crippen LogP contribution in [0.2, 0.25) is 0 Å². The molecule has 2 aromatic heterocycles. The molecule has 4 aromatic rings. The van der Waals surface area contributed by atoms with Gasteiger partial charge in [-0.05, 0) is 79.6 Å². The Labute approximate surface area is 218 Å². The van der Waals surface area contributed by atoms with E-state index in [1.807, 2.05) is 6.92 Å². The minimum Gasteiger partial charge on any atom is -0.364 e. The minimum atomic E-state index is -0.691. The van der Waals surface area contributed by atoms with Gasteiger partial charge < -0.3 is 15.6 Å². The maximum Gasteiger partial charge on any atom is 0.271 e. The molecule has 1 fully saturated rings. The molecule has 3 N–H and O–H groups in total. The van der Waals surface area contributed by atoms with E-state index in [1.165, 1.54) is 35.0 Å². The number of aromatic nitrogens is 3. The Hall–Kier alpha value is -4.11. The molecule has 5 rings (SSSR count). The number of aryl methyl sites for hydroxylation is 1. The van der Waals surface area contributed by atoms with Crippen LogP contribution in [0.3, 0.4) is 0 Å². The zero-order chi connectivity index (χ0) is 26.8. The number of primary amides is 1. The molecule has 7 nitrogen and oxygen atoms in total. The number of carbonyl (C=O) groups excluding carboxylic acids is 1. The lowest BCUT2D eigenvalue weighted by Crippen LogP contribution is -2.37. The molecule has 0 bridgehead atoms. The first-order valence-electron chi connectivity index (χ1n) is 12.6. The van der Waals surface area contributed by atoms with Crippen molar-refractivity contribution in [2.45, 2.75) is 26.2 Å². The summed E-state index contributed by atoms with van der Waals surface area (Å²) in [5.74, 6) is -1.06. The number of fused-ring (bicyclic) bond motifs is 1. The van der Waals surface area contributed by atoms with Crippen LogP contribution < -0.4 is 11.3 Å². The van der Waals surface area contributed by atoms with Gasteiger partial charge >= 0.3 is 0 Å². The molecule has 38 heavy (non-hydrogen) atoms. The third-order valence-corrected chi connectivity index (χ3v) is 7.17. The Morgan fingerprint density at radius 1 is 1.11 bits per heavy atom. The molecule has 0 aliphatic carbocycles. The van der Waals surface area contributed by atoms with Crippen LogP contribution in [-0.4, -0.2) is 44.8 Å². The van der Waals surface area contributed by atoms with E-state index in [4.69, 9.17) is 5.73 Å². The number of nitrogens with two attached hydrogens (primary N) is 1. The van der Waals surface area contributed by atoms with E-state index in [0.717, 1.165) is 42.6 Å². The van der Waals surface area contributed by atoms with E-state index < -0.39 is 5.91 Å². The number of nitrogens with zero attached hydrogens (tertiary/aromatic N) is 3. The van der Waals surface area contributed by atoms with Gasteiger partial charge in [-0.15, -0.1) is 0 Å². The first kappa shape index (κ1) is 25.5. The van der Waals surface area contributed by atoms with Gasteiger partial charge in [0.05, 0.1) is 0 Å². The number of piperidine rings is 1. The van der Waals surface area contributed by atoms with Crippen molar-refractivity contribution in [3.8, 4) is 0 Å². The van der Waals surface area contributed by atoms with E-state index in [9.17, 15) is 18.4 Å². The Morgan fingerprint density at radius 2 is 1.74 bits per heavy atom. The average molecular weight is 518 g/mol. The van der Waals surface area contributed by atoms with Crippen molar-refractivity contribution >= 4 is 17.1 Å². The second-order valence-electron chi connectivity index (χ2n) is 9.76. The van der Waals surface area contributed by atoms with Crippen molar-refractivity contribution in [1.29, 1.82) is 0 Å². The van der Waals surface area contributed by atoms with Gasteiger partial charge in [-0.2, -0.15) is 0 Å². The molecule has 0 radical (unpaired) electrons. The molecule has 9 heteroatoms. The molecule has 3 heterocycles. The Morgan fingerprint density at radius 3 is 2.34 bits per heavy atom. The fraction of sp³-hybridized carbons (Fsp3) is 0.276. The Balaban J connectivity index is 1.36. The summed E-state index contributed by atoms with van der Waals surface area (Å²) in [6, 6.07) is 12.7. The SMILES string of the molecule is Cc1[nH]c2c(C(N)=O)ncn2c(=O)c1CCN1CCCC(C=C(c2ccc(F)cc2)c2ccc(F)cc2)C1. The summed E-state index contributed by atoms with van der Waals surface area (Å²) in [5, 5.41) is 0. The fourth-order valence-electron chi connectivity index (χ4n) is 5.21. The van der Waals surface area contributed by atoms with Crippen molar-refractivity contribution in [3.63, 3.8) is 0 Å². The number of hydrogen-bond acceptors (Lipinski definition) is 4. The van der Waals surface area contributed by atoms with Crippen molar-refractivity contribution in [2.75, 3.05) is 19.6 Å². The summed E-state index contributed by atoms with van der Waals surface area (Å²) in [6.45, 7) is 4.23. The standard InChI is InChI=1S/C29H29F2N5O2/c1-18-24(29(38)36-17-33-26(27(32)37)28(36)34-18)12-14-35-13-2-3-19(16-35)15-25(20-4-8-22(30)9-5-20)21-6-10-23(31)11-7-21/h4-11,15,17,19,34H,2-3,12-14,16H2,1H3,(H2,32,37). The molecule has 1 amide bonds. The number of nitrogens with one attached hydrogen (secondary N) is 1. The maximum absolute atomic E-state index is 13.6. The first-order valence-corrected chi connectivity index (χ1v) is 12.6. The lowest BCUT2D eigenvalue weighted by atomic mass is 9.90. The molecule has 0 spiro atoms. The van der Waals surface area contributed by atoms with Crippen LogP contribution in [0.25, 0.3) is 11.2 Å². The van der Waals surface area contributed by atoms with E-state index in [1.54, 1.807) is 24.3 Å². The molecule has 2 aromatic carbocycles. The van der Waals surface area contributed by atoms with Crippen LogP contribution in [0.1, 0.15) is 45.7 Å². The van der Waals surface area contributed by atoms with Gasteiger partial charge in [0.1, 0.15) is 18.0 Å². The van der Waals surface area contributed by atoms with Gasteiger partial charge in [0.15, 0.2) is 11.3 Å². The molecule has 196 valence electrons. The number of likely N-dealkylation sites (tertiary alicyclic amines) is 1. The number of benzene rings is 2. The second-order valence-corrected chi connectivity index (χ2v) is 9.76. The lowest BCUT2D eigenvalue weighted by Gasteiger charge is -2.32. The van der Waals surface area contributed by atoms with Crippen molar-refractivity contribution < 1.29 is 13.6 Å². The normalized spacial score (nSPS) is 16.0. The summed E-state index contributed by atoms with van der Waals surface area (Å²) in [5.41, 5.74) is 9.54. The van der Waals surface area contributed by atoms with Crippen molar-refractivity contribution in [1.82, 2.24) is 19.3 Å². The summed E-state index contributed by atoms with van der Waals surface area (Å²) in [7, 11) is 0. The van der Waals surface area contributed by atoms with E-state index in [0.29, 0.717) is 29.9 Å². The van der Waals surface area contributed by atoms with Crippen LogP contribution in [0, 0.1) is 24.5 Å². The number of hydrogen-bond donors (Lipinski definition) is 2. The van der Waals surface area contributed by atoms with Crippen LogP contribution in [0.15, 0.2) is 65.7 Å². The van der Waals surface area contributed by atoms with Gasteiger partial charge in [0.25, 0.3) is 11.5 Å². The summed E-state index contributed by atoms with van der Waals surface area (Å²) < 4.78 is 28.5. The van der Waals surface area contributed by atoms with E-state index in [-0.39, 0.29) is 28.8 Å². The van der Waals surface area contributed by atoms with Gasteiger partial charge in [0, 0.05) is 24.3 Å². The lowest BCUT2D eigenvalue weighted by molar-refractivity contribution is 0.0997. The fourth-order valence-corrected chi connectivity index (χ4v) is 5.21. The molecule has 1 unspecified atom stereocenters. The van der Waals surface area contributed by atoms with Gasteiger partial charge in [-0.25, -0.2) is 13.8 Å². The highest BCUT2D eigenvalue weighted by Crippen LogP contribution is 2.29. The second kappa shape index (κ2) is 10.7. The Bertz CT molecular complexity index is 1510. The molecular weight excluding hydrogens is 488 g/mol. The molecule has 0 saturated carbocycles. The molecule has 1 saturated heterocycles. The highest BCUT2D eigenvalue weighted by molar-refractivity contribution is 5.96. The van der Waals surface area contributed by atoms with Crippen molar-refractivity contribution in [3.05, 3.63) is 111 Å². The predicted molar refractivity (Wildman–Crippen MR) is 142 cm³/mol. The predicted octanol–water partition coefficient (Wildman–Crippen LogP) is 4.09. The van der Waals surface area contributed by atoms with Crippen LogP contribution in [0.4, 0.5) is 8.78 Å². The van der Waals surface area contributed by atoms with Crippen LogP contribution in [0.5, 0.6) is 0 Å². The number of carbonyl (C=O) groups is 1. The number of H-pyrrole nitrogens is 1. The van der Waals surface area contributed by atoms with Crippen LogP contribution >= 0.6 is 0 Å². The number of rotatable bonds is 7. The Kier molecular flexibility index (Phi) is 7.20. The number of aromatic amines is 1. The highest BCUT2D eigenvalue weighted by Gasteiger charge is 2.21. The highest BCUT2D eigenvalue weighted by atomic mass is 19.1. The smallest absolute Gasteiger partial charge is 0.271 e. The minimum absolute atomic E-state index is 0.0422. The van der Waals surface area contributed by atoms with E-state index in [2.05, 4.69) is 20.9 Å². The third kappa shape index (κ3) is 5.28. The topological polar surface area (TPSA) is 96.5 Å². The molecular formula is C29H29F2N5O2. The van der Waals surface area contributed by atoms with Crippen LogP contribution in [-0.2, 0) is 6.42 Å². The maximum atomic E-state index is 13.6. The molecule has 1 aliphatic rings. The zero-order valence-corrected chi connectivity index (χ0v) is 21.1. The average Bonchev–Trinajstić information content (AvgIpc) is 3.33. The number of halogens is 2. The van der Waals surface area contributed by atoms with E-state index >= 15 is 0 Å². The summed E-state index contributed by atoms with van der Waals surface area (Å²) in [4.78, 5) is 34.1. The third-order valence-electron chi connectivity index (χ3n) is 7.17. The van der Waals surface area contributed by atoms with Gasteiger partial charge in [-0.3, -0.25) is 14.0 Å². The van der Waals surface area contributed by atoms with Gasteiger partial charge in [0.2, 0.25) is 0 Å². The van der Waals surface area contributed by atoms with Gasteiger partial charge in [-0.1, -0.05) is 30.3 Å². The number of amides is 1. The zero-order valence-electron chi connectivity index (χ0n) is 21.1.